The van der Waals surface area contributed by atoms with Gasteiger partial charge in [-0.3, -0.25) is 0 Å². The molecule has 0 unspecified atom stereocenters. The Morgan fingerprint density at radius 3 is 1.36 bits per heavy atom. The van der Waals surface area contributed by atoms with Crippen molar-refractivity contribution in [1.29, 1.82) is 0 Å². The Morgan fingerprint density at radius 2 is 1.00 bits per heavy atom. The summed E-state index contributed by atoms with van der Waals surface area (Å²) in [7, 11) is -1.90. The van der Waals surface area contributed by atoms with Gasteiger partial charge >= 0.3 is 8.25 Å². The molecule has 0 N–H and O–H groups in total. The van der Waals surface area contributed by atoms with Gasteiger partial charge in [0.25, 0.3) is 0 Å². The number of unbranched alkanes of at least 4 members (excludes halogenated alkanes) is 6. The lowest BCUT2D eigenvalue weighted by molar-refractivity contribution is 0.218. The topological polar surface area (TPSA) is 35.5 Å². The zero-order chi connectivity index (χ0) is 16.6. The summed E-state index contributed by atoms with van der Waals surface area (Å²) in [4.78, 5) is 0. The van der Waals surface area contributed by atoms with Crippen LogP contribution in [-0.2, 0) is 13.6 Å². The largest absolute Gasteiger partial charge is 0.697 e. The summed E-state index contributed by atoms with van der Waals surface area (Å²) >= 11 is 0. The fraction of sp³-hybridized carbons (Fsp3) is 1.00. The maximum absolute atomic E-state index is 11.5. The maximum Gasteiger partial charge on any atom is 0.697 e. The van der Waals surface area contributed by atoms with Crippen molar-refractivity contribution < 1.29 is 13.6 Å². The van der Waals surface area contributed by atoms with Gasteiger partial charge in [-0.05, 0) is 24.7 Å². The fourth-order valence-corrected chi connectivity index (χ4v) is 2.96. The van der Waals surface area contributed by atoms with Crippen LogP contribution >= 0.6 is 8.25 Å². The highest BCUT2D eigenvalue weighted by molar-refractivity contribution is 7.33. The van der Waals surface area contributed by atoms with Crippen LogP contribution in [0.1, 0.15) is 91.9 Å². The Labute approximate surface area is 139 Å². The van der Waals surface area contributed by atoms with Crippen molar-refractivity contribution in [1.82, 2.24) is 0 Å². The van der Waals surface area contributed by atoms with Crippen LogP contribution in [0.3, 0.4) is 0 Å². The van der Waals surface area contributed by atoms with Crippen LogP contribution in [0.15, 0.2) is 0 Å². The predicted molar refractivity (Wildman–Crippen MR) is 95.4 cm³/mol. The van der Waals surface area contributed by atoms with Crippen molar-refractivity contribution in [3.05, 3.63) is 0 Å². The molecule has 0 aromatic rings. The Bertz CT molecular complexity index is 231. The molecule has 4 heteroatoms. The summed E-state index contributed by atoms with van der Waals surface area (Å²) in [6.45, 7) is 10.2. The summed E-state index contributed by atoms with van der Waals surface area (Å²) in [5, 5.41) is 0. The Balaban J connectivity index is 3.20. The van der Waals surface area contributed by atoms with E-state index in [0.29, 0.717) is 13.2 Å². The van der Waals surface area contributed by atoms with E-state index in [1.807, 2.05) is 0 Å². The molecule has 132 valence electrons. The molecule has 0 aromatic heterocycles. The molecule has 0 amide bonds. The summed E-state index contributed by atoms with van der Waals surface area (Å²) in [6, 6.07) is 0. The first-order chi connectivity index (χ1) is 10.5. The highest BCUT2D eigenvalue weighted by Gasteiger charge is 2.18. The summed E-state index contributed by atoms with van der Waals surface area (Å²) in [5.41, 5.74) is 0. The minimum Gasteiger partial charge on any atom is -0.119 e. The molecule has 0 bridgehead atoms. The number of hydrogen-bond donors (Lipinski definition) is 0. The molecule has 0 aromatic carbocycles. The van der Waals surface area contributed by atoms with E-state index < -0.39 is 8.25 Å². The third-order valence-electron chi connectivity index (χ3n) is 3.75. The second-order valence-corrected chi connectivity index (χ2v) is 8.05. The lowest BCUT2D eigenvalue weighted by atomic mass is 10.0. The van der Waals surface area contributed by atoms with Gasteiger partial charge in [-0.2, -0.15) is 0 Å². The van der Waals surface area contributed by atoms with Crippen molar-refractivity contribution in [3.63, 3.8) is 0 Å². The van der Waals surface area contributed by atoms with E-state index in [9.17, 15) is 4.57 Å². The van der Waals surface area contributed by atoms with Crippen LogP contribution in [0, 0.1) is 11.8 Å². The number of hydrogen-bond acceptors (Lipinski definition) is 3. The number of rotatable bonds is 16. The summed E-state index contributed by atoms with van der Waals surface area (Å²) in [5.74, 6) is 1.59. The molecule has 0 saturated carbocycles. The van der Waals surface area contributed by atoms with Crippen LogP contribution in [0.5, 0.6) is 0 Å². The molecule has 0 aliphatic rings. The molecule has 0 fully saturated rings. The van der Waals surface area contributed by atoms with Gasteiger partial charge in [0.15, 0.2) is 0 Å². The quantitative estimate of drug-likeness (QED) is 0.228. The Kier molecular flexibility index (Phi) is 15.9. The summed E-state index contributed by atoms with van der Waals surface area (Å²) in [6.07, 6.45) is 12.0. The Hall–Kier alpha value is 0.0200. The van der Waals surface area contributed by atoms with Crippen LogP contribution in [0.25, 0.3) is 0 Å². The second-order valence-electron chi connectivity index (χ2n) is 7.08. The van der Waals surface area contributed by atoms with Crippen molar-refractivity contribution in [2.24, 2.45) is 11.8 Å². The van der Waals surface area contributed by atoms with E-state index in [4.69, 9.17) is 9.05 Å². The van der Waals surface area contributed by atoms with Gasteiger partial charge in [0, 0.05) is 4.57 Å². The van der Waals surface area contributed by atoms with Gasteiger partial charge in [-0.15, -0.1) is 9.05 Å². The standard InChI is InChI=1S/C18H38O3P/c1-17(2)13-9-5-7-11-15-20-22(19)21-16-12-8-6-10-14-18(3)4/h17-18H,5-16H2,1-4H3/q+1. The molecular weight excluding hydrogens is 295 g/mol. The van der Waals surface area contributed by atoms with E-state index in [2.05, 4.69) is 27.7 Å². The van der Waals surface area contributed by atoms with E-state index >= 15 is 0 Å². The highest BCUT2D eigenvalue weighted by Crippen LogP contribution is 2.25. The molecular formula is C18H38O3P+. The molecule has 0 atom stereocenters. The predicted octanol–water partition coefficient (Wildman–Crippen LogP) is 6.89. The van der Waals surface area contributed by atoms with E-state index in [-0.39, 0.29) is 0 Å². The lowest BCUT2D eigenvalue weighted by Gasteiger charge is -2.03. The second kappa shape index (κ2) is 15.9. The summed E-state index contributed by atoms with van der Waals surface area (Å²) < 4.78 is 21.9. The smallest absolute Gasteiger partial charge is 0.119 e. The van der Waals surface area contributed by atoms with Crippen molar-refractivity contribution in [2.45, 2.75) is 91.9 Å². The minimum atomic E-state index is -1.90. The van der Waals surface area contributed by atoms with Gasteiger partial charge in [0.2, 0.25) is 0 Å². The van der Waals surface area contributed by atoms with Crippen molar-refractivity contribution in [2.75, 3.05) is 13.2 Å². The first kappa shape index (κ1) is 22.0. The molecule has 3 nitrogen and oxygen atoms in total. The van der Waals surface area contributed by atoms with E-state index in [1.165, 1.54) is 38.5 Å². The first-order valence-corrected chi connectivity index (χ1v) is 10.3. The van der Waals surface area contributed by atoms with Crippen molar-refractivity contribution in [3.8, 4) is 0 Å². The third-order valence-corrected chi connectivity index (χ3v) is 4.53. The van der Waals surface area contributed by atoms with Gasteiger partial charge in [0.05, 0.1) is 0 Å². The van der Waals surface area contributed by atoms with Gasteiger partial charge in [0.1, 0.15) is 13.2 Å². The average Bonchev–Trinajstić information content (AvgIpc) is 2.44. The Morgan fingerprint density at radius 1 is 0.636 bits per heavy atom. The van der Waals surface area contributed by atoms with Crippen LogP contribution < -0.4 is 0 Å². The molecule has 0 radical (unpaired) electrons. The van der Waals surface area contributed by atoms with Crippen LogP contribution in [0.2, 0.25) is 0 Å². The minimum absolute atomic E-state index is 0.561. The molecule has 0 heterocycles. The maximum atomic E-state index is 11.5. The molecule has 0 aliphatic carbocycles. The fourth-order valence-electron chi connectivity index (χ4n) is 2.33. The van der Waals surface area contributed by atoms with Crippen LogP contribution in [0.4, 0.5) is 0 Å². The molecule has 0 aliphatic heterocycles. The third kappa shape index (κ3) is 18.1. The SMILES string of the molecule is CC(C)CCCCCCO[P+](=O)OCCCCCCC(C)C. The molecule has 0 rings (SSSR count). The van der Waals surface area contributed by atoms with Crippen molar-refractivity contribution >= 4 is 8.25 Å². The monoisotopic (exact) mass is 333 g/mol. The van der Waals surface area contributed by atoms with Gasteiger partial charge in [-0.25, -0.2) is 0 Å². The normalized spacial score (nSPS) is 11.5. The molecule has 0 saturated heterocycles. The van der Waals surface area contributed by atoms with Crippen LogP contribution in [-0.4, -0.2) is 13.2 Å². The molecule has 0 spiro atoms. The van der Waals surface area contributed by atoms with E-state index in [0.717, 1.165) is 37.5 Å². The lowest BCUT2D eigenvalue weighted by Crippen LogP contribution is -1.93. The average molecular weight is 333 g/mol. The molecule has 22 heavy (non-hydrogen) atoms. The highest BCUT2D eigenvalue weighted by atomic mass is 31.1. The zero-order valence-electron chi connectivity index (χ0n) is 15.3. The first-order valence-electron chi connectivity index (χ1n) is 9.25. The van der Waals surface area contributed by atoms with Gasteiger partial charge in [-0.1, -0.05) is 79.1 Å². The van der Waals surface area contributed by atoms with E-state index in [1.54, 1.807) is 0 Å². The van der Waals surface area contributed by atoms with Gasteiger partial charge < -0.3 is 0 Å². The zero-order valence-corrected chi connectivity index (χ0v) is 16.2.